The summed E-state index contributed by atoms with van der Waals surface area (Å²) in [5.74, 6) is 0. The Morgan fingerprint density at radius 1 is 1.71 bits per heavy atom. The van der Waals surface area contributed by atoms with E-state index < -0.39 is 0 Å². The van der Waals surface area contributed by atoms with Crippen LogP contribution in [0.4, 0.5) is 0 Å². The first-order chi connectivity index (χ1) is 2.89. The van der Waals surface area contributed by atoms with E-state index in [-0.39, 0.29) is 25.9 Å². The monoisotopic (exact) mass is 124 g/mol. The van der Waals surface area contributed by atoms with Gasteiger partial charge in [-0.25, -0.2) is 0 Å². The van der Waals surface area contributed by atoms with Gasteiger partial charge in [0.25, 0.3) is 0 Å². The predicted molar refractivity (Wildman–Crippen MR) is 37.0 cm³/mol. The summed E-state index contributed by atoms with van der Waals surface area (Å²) in [5.41, 5.74) is 1.36. The van der Waals surface area contributed by atoms with E-state index in [1.807, 2.05) is 0 Å². The maximum atomic E-state index is 2.12. The average Bonchev–Trinajstić information content (AvgIpc) is 1.86. The summed E-state index contributed by atoms with van der Waals surface area (Å²) in [6, 6.07) is 2.10. The van der Waals surface area contributed by atoms with E-state index in [1.54, 1.807) is 11.3 Å². The minimum atomic E-state index is 0. The second-order valence-corrected chi connectivity index (χ2v) is 2.08. The molecule has 1 heterocycles. The molecular weight excluding hydrogens is 116 g/mol. The van der Waals surface area contributed by atoms with Crippen molar-refractivity contribution < 1.29 is 2.85 Å². The molecule has 7 heavy (non-hydrogen) atoms. The Labute approximate surface area is 66.7 Å². The van der Waals surface area contributed by atoms with Crippen LogP contribution in [0.5, 0.6) is 0 Å². The average molecular weight is 124 g/mol. The molecule has 1 rings (SSSR count). The van der Waals surface area contributed by atoms with Crippen LogP contribution < -0.4 is 0 Å². The number of aryl methyl sites for hydroxylation is 1. The second-order valence-electron chi connectivity index (χ2n) is 1.30. The standard InChI is InChI=1S/C5H6S.Mg.2H/c1-5-2-3-6-4-5;;;/h2-4H,1H3;;;/q;+2;2*-1. The van der Waals surface area contributed by atoms with E-state index in [9.17, 15) is 0 Å². The van der Waals surface area contributed by atoms with E-state index in [0.29, 0.717) is 0 Å². The van der Waals surface area contributed by atoms with Gasteiger partial charge in [-0.05, 0) is 29.3 Å². The molecule has 1 aromatic heterocycles. The van der Waals surface area contributed by atoms with Crippen LogP contribution >= 0.6 is 11.3 Å². The Hall–Kier alpha value is 0.466. The summed E-state index contributed by atoms with van der Waals surface area (Å²) < 4.78 is 0. The van der Waals surface area contributed by atoms with Crippen molar-refractivity contribution in [2.24, 2.45) is 0 Å². The fraction of sp³-hybridized carbons (Fsp3) is 0.200. The molecule has 0 spiro atoms. The van der Waals surface area contributed by atoms with Gasteiger partial charge >= 0.3 is 23.1 Å². The molecule has 0 aliphatic carbocycles. The number of thiophene rings is 1. The summed E-state index contributed by atoms with van der Waals surface area (Å²) in [6.07, 6.45) is 0. The Morgan fingerprint density at radius 3 is 2.57 bits per heavy atom. The predicted octanol–water partition coefficient (Wildman–Crippen LogP) is 1.90. The van der Waals surface area contributed by atoms with Crippen LogP contribution in [0.2, 0.25) is 0 Å². The van der Waals surface area contributed by atoms with Crippen molar-refractivity contribution in [3.05, 3.63) is 22.4 Å². The minimum absolute atomic E-state index is 0. The summed E-state index contributed by atoms with van der Waals surface area (Å²) >= 11 is 1.74. The van der Waals surface area contributed by atoms with Gasteiger partial charge in [-0.3, -0.25) is 0 Å². The van der Waals surface area contributed by atoms with Crippen molar-refractivity contribution in [3.8, 4) is 0 Å². The van der Waals surface area contributed by atoms with Crippen molar-refractivity contribution in [1.82, 2.24) is 0 Å². The zero-order valence-corrected chi connectivity index (χ0v) is 6.58. The first-order valence-electron chi connectivity index (χ1n) is 1.88. The summed E-state index contributed by atoms with van der Waals surface area (Å²) in [6.45, 7) is 2.09. The third-order valence-electron chi connectivity index (χ3n) is 0.663. The van der Waals surface area contributed by atoms with Gasteiger partial charge in [0.1, 0.15) is 0 Å². The van der Waals surface area contributed by atoms with Crippen LogP contribution in [-0.2, 0) is 0 Å². The smallest absolute Gasteiger partial charge is 1.00 e. The Kier molecular flexibility index (Phi) is 3.70. The normalized spacial score (nSPS) is 7.57. The molecule has 0 fully saturated rings. The first kappa shape index (κ1) is 7.47. The molecule has 2 heteroatoms. The maximum absolute atomic E-state index is 2.12. The SMILES string of the molecule is Cc1ccsc1.[H-].[H-].[Mg+2]. The molecule has 0 saturated carbocycles. The van der Waals surface area contributed by atoms with Gasteiger partial charge < -0.3 is 2.85 Å². The van der Waals surface area contributed by atoms with Crippen molar-refractivity contribution in [1.29, 1.82) is 0 Å². The van der Waals surface area contributed by atoms with Crippen molar-refractivity contribution >= 4 is 34.4 Å². The number of hydrogen-bond donors (Lipinski definition) is 0. The maximum Gasteiger partial charge on any atom is 2.00 e. The van der Waals surface area contributed by atoms with Gasteiger partial charge in [0, 0.05) is 0 Å². The molecule has 0 amide bonds. The largest absolute Gasteiger partial charge is 2.00 e. The zero-order chi connectivity index (χ0) is 4.41. The van der Waals surface area contributed by atoms with E-state index in [0.717, 1.165) is 0 Å². The fourth-order valence-electron chi connectivity index (χ4n) is 0.333. The minimum Gasteiger partial charge on any atom is -1.00 e. The van der Waals surface area contributed by atoms with Crippen LogP contribution in [-0.4, -0.2) is 23.1 Å². The fourth-order valence-corrected chi connectivity index (χ4v) is 0.998. The molecule has 0 aliphatic rings. The second kappa shape index (κ2) is 3.47. The Bertz CT molecular complexity index is 119. The van der Waals surface area contributed by atoms with Crippen LogP contribution in [0, 0.1) is 6.92 Å². The molecule has 36 valence electrons. The molecule has 0 nitrogen and oxygen atoms in total. The first-order valence-corrected chi connectivity index (χ1v) is 2.82. The summed E-state index contributed by atoms with van der Waals surface area (Å²) in [5, 5.41) is 4.20. The summed E-state index contributed by atoms with van der Waals surface area (Å²) in [7, 11) is 0. The third kappa shape index (κ3) is 2.31. The van der Waals surface area contributed by atoms with Crippen LogP contribution in [0.15, 0.2) is 16.8 Å². The molecule has 0 atom stereocenters. The van der Waals surface area contributed by atoms with Gasteiger partial charge in [-0.1, -0.05) is 0 Å². The van der Waals surface area contributed by atoms with E-state index in [4.69, 9.17) is 0 Å². The summed E-state index contributed by atoms with van der Waals surface area (Å²) in [4.78, 5) is 0. The van der Waals surface area contributed by atoms with Gasteiger partial charge in [0.15, 0.2) is 0 Å². The molecule has 0 saturated heterocycles. The number of hydrogen-bond acceptors (Lipinski definition) is 1. The van der Waals surface area contributed by atoms with Crippen LogP contribution in [0.1, 0.15) is 8.42 Å². The van der Waals surface area contributed by atoms with Crippen molar-refractivity contribution in [2.75, 3.05) is 0 Å². The molecule has 1 aromatic rings. The molecular formula is C5H8MgS. The van der Waals surface area contributed by atoms with Gasteiger partial charge in [-0.2, -0.15) is 11.3 Å². The van der Waals surface area contributed by atoms with E-state index in [2.05, 4.69) is 23.8 Å². The Balaban J connectivity index is -0.000000120. The molecule has 0 N–H and O–H groups in total. The zero-order valence-electron chi connectivity index (χ0n) is 6.35. The van der Waals surface area contributed by atoms with Crippen molar-refractivity contribution in [3.63, 3.8) is 0 Å². The topological polar surface area (TPSA) is 0 Å². The van der Waals surface area contributed by atoms with Gasteiger partial charge in [-0.15, -0.1) is 0 Å². The van der Waals surface area contributed by atoms with Gasteiger partial charge in [0.05, 0.1) is 0 Å². The van der Waals surface area contributed by atoms with E-state index >= 15 is 0 Å². The molecule has 0 bridgehead atoms. The quantitative estimate of drug-likeness (QED) is 0.464. The molecule has 0 unspecified atom stereocenters. The van der Waals surface area contributed by atoms with Gasteiger partial charge in [0.2, 0.25) is 0 Å². The Morgan fingerprint density at radius 2 is 2.43 bits per heavy atom. The molecule has 0 aromatic carbocycles. The van der Waals surface area contributed by atoms with Crippen molar-refractivity contribution in [2.45, 2.75) is 6.92 Å². The van der Waals surface area contributed by atoms with E-state index in [1.165, 1.54) is 5.56 Å². The van der Waals surface area contributed by atoms with Crippen LogP contribution in [0.3, 0.4) is 0 Å². The van der Waals surface area contributed by atoms with Crippen LogP contribution in [0.25, 0.3) is 0 Å². The molecule has 0 aliphatic heterocycles. The number of rotatable bonds is 0. The molecule has 0 radical (unpaired) electrons. The third-order valence-corrected chi connectivity index (χ3v) is 1.46.